The molecule has 1 amide bonds. The predicted octanol–water partition coefficient (Wildman–Crippen LogP) is 0.631. The van der Waals surface area contributed by atoms with Gasteiger partial charge in [-0.1, -0.05) is 0 Å². The standard InChI is InChI=1S/C11H17NO4/c1-8(13)12(9-3-4-9)11(10(14)15)5-2-6-16-7-11/h9H,2-7H2,1H3,(H,14,15). The topological polar surface area (TPSA) is 66.8 Å². The Labute approximate surface area is 94.4 Å². The second-order valence-electron chi connectivity index (χ2n) is 4.61. The Morgan fingerprint density at radius 2 is 2.12 bits per heavy atom. The van der Waals surface area contributed by atoms with E-state index in [2.05, 4.69) is 0 Å². The van der Waals surface area contributed by atoms with Gasteiger partial charge in [0.1, 0.15) is 0 Å². The summed E-state index contributed by atoms with van der Waals surface area (Å²) in [5.41, 5.74) is -1.12. The zero-order chi connectivity index (χ0) is 11.8. The molecule has 16 heavy (non-hydrogen) atoms. The van der Waals surface area contributed by atoms with Crippen LogP contribution >= 0.6 is 0 Å². The van der Waals surface area contributed by atoms with E-state index in [0.29, 0.717) is 19.4 Å². The number of carboxylic acids is 1. The lowest BCUT2D eigenvalue weighted by Crippen LogP contribution is -2.61. The lowest BCUT2D eigenvalue weighted by Gasteiger charge is -2.42. The number of hydrogen-bond acceptors (Lipinski definition) is 3. The quantitative estimate of drug-likeness (QED) is 0.768. The van der Waals surface area contributed by atoms with Crippen molar-refractivity contribution in [2.24, 2.45) is 0 Å². The van der Waals surface area contributed by atoms with Gasteiger partial charge in [0.2, 0.25) is 5.91 Å². The summed E-state index contributed by atoms with van der Waals surface area (Å²) in [6, 6.07) is 0.107. The summed E-state index contributed by atoms with van der Waals surface area (Å²) in [6.07, 6.45) is 3.02. The molecule has 0 aromatic carbocycles. The number of carbonyl (C=O) groups excluding carboxylic acids is 1. The van der Waals surface area contributed by atoms with Crippen molar-refractivity contribution in [3.8, 4) is 0 Å². The predicted molar refractivity (Wildman–Crippen MR) is 56.0 cm³/mol. The Hall–Kier alpha value is -1.10. The smallest absolute Gasteiger partial charge is 0.332 e. The van der Waals surface area contributed by atoms with E-state index >= 15 is 0 Å². The summed E-state index contributed by atoms with van der Waals surface area (Å²) < 4.78 is 5.28. The van der Waals surface area contributed by atoms with Gasteiger partial charge in [0.15, 0.2) is 5.54 Å². The first-order chi connectivity index (χ1) is 7.58. The van der Waals surface area contributed by atoms with Crippen LogP contribution in [0.25, 0.3) is 0 Å². The Morgan fingerprint density at radius 1 is 1.44 bits per heavy atom. The number of amides is 1. The maximum absolute atomic E-state index is 11.6. The molecule has 1 N–H and O–H groups in total. The van der Waals surface area contributed by atoms with E-state index in [4.69, 9.17) is 4.74 Å². The highest BCUT2D eigenvalue weighted by atomic mass is 16.5. The van der Waals surface area contributed by atoms with Gasteiger partial charge >= 0.3 is 5.97 Å². The summed E-state index contributed by atoms with van der Waals surface area (Å²) >= 11 is 0. The minimum atomic E-state index is -1.12. The highest BCUT2D eigenvalue weighted by molar-refractivity contribution is 5.86. The number of aliphatic carboxylic acids is 1. The monoisotopic (exact) mass is 227 g/mol. The van der Waals surface area contributed by atoms with Crippen LogP contribution in [-0.2, 0) is 14.3 Å². The highest BCUT2D eigenvalue weighted by Crippen LogP contribution is 2.37. The van der Waals surface area contributed by atoms with Gasteiger partial charge < -0.3 is 14.7 Å². The Bertz CT molecular complexity index is 305. The zero-order valence-electron chi connectivity index (χ0n) is 9.44. The molecule has 2 fully saturated rings. The van der Waals surface area contributed by atoms with E-state index in [1.165, 1.54) is 11.8 Å². The Morgan fingerprint density at radius 3 is 2.50 bits per heavy atom. The molecule has 1 atom stereocenters. The Balaban J connectivity index is 2.28. The lowest BCUT2D eigenvalue weighted by atomic mass is 9.90. The van der Waals surface area contributed by atoms with Crippen LogP contribution in [0.3, 0.4) is 0 Å². The fourth-order valence-electron chi connectivity index (χ4n) is 2.48. The van der Waals surface area contributed by atoms with Crippen LogP contribution in [0.4, 0.5) is 0 Å². The largest absolute Gasteiger partial charge is 0.479 e. The van der Waals surface area contributed by atoms with Crippen molar-refractivity contribution in [2.75, 3.05) is 13.2 Å². The van der Waals surface area contributed by atoms with E-state index in [9.17, 15) is 14.7 Å². The second kappa shape index (κ2) is 4.05. The average Bonchev–Trinajstić information content (AvgIpc) is 3.03. The molecule has 0 aromatic heterocycles. The number of nitrogens with zero attached hydrogens (tertiary/aromatic N) is 1. The molecular weight excluding hydrogens is 210 g/mol. The molecule has 0 spiro atoms. The molecule has 2 aliphatic rings. The third kappa shape index (κ3) is 1.80. The van der Waals surface area contributed by atoms with Gasteiger partial charge in [-0.15, -0.1) is 0 Å². The molecular formula is C11H17NO4. The van der Waals surface area contributed by atoms with Crippen molar-refractivity contribution >= 4 is 11.9 Å². The molecule has 1 aliphatic heterocycles. The van der Waals surface area contributed by atoms with Crippen molar-refractivity contribution in [3.05, 3.63) is 0 Å². The molecule has 1 heterocycles. The van der Waals surface area contributed by atoms with Crippen LogP contribution in [0, 0.1) is 0 Å². The van der Waals surface area contributed by atoms with E-state index in [1.807, 2.05) is 0 Å². The number of carboxylic acid groups (broad SMARTS) is 1. The van der Waals surface area contributed by atoms with Crippen molar-refractivity contribution < 1.29 is 19.4 Å². The summed E-state index contributed by atoms with van der Waals surface area (Å²) in [4.78, 5) is 24.7. The van der Waals surface area contributed by atoms with Crippen molar-refractivity contribution in [3.63, 3.8) is 0 Å². The minimum absolute atomic E-state index is 0.107. The van der Waals surface area contributed by atoms with Crippen LogP contribution in [0.15, 0.2) is 0 Å². The molecule has 1 saturated heterocycles. The van der Waals surface area contributed by atoms with Gasteiger partial charge in [0, 0.05) is 19.6 Å². The first-order valence-electron chi connectivity index (χ1n) is 5.69. The number of carbonyl (C=O) groups is 2. The minimum Gasteiger partial charge on any atom is -0.479 e. The molecule has 90 valence electrons. The average molecular weight is 227 g/mol. The van der Waals surface area contributed by atoms with Crippen LogP contribution in [-0.4, -0.2) is 46.7 Å². The van der Waals surface area contributed by atoms with Gasteiger partial charge in [-0.3, -0.25) is 4.79 Å². The van der Waals surface area contributed by atoms with Gasteiger partial charge in [-0.2, -0.15) is 0 Å². The molecule has 0 radical (unpaired) electrons. The summed E-state index contributed by atoms with van der Waals surface area (Å²) in [6.45, 7) is 2.15. The molecule has 1 aliphatic carbocycles. The first-order valence-corrected chi connectivity index (χ1v) is 5.69. The van der Waals surface area contributed by atoms with Crippen molar-refractivity contribution in [2.45, 2.75) is 44.2 Å². The van der Waals surface area contributed by atoms with E-state index in [1.54, 1.807) is 0 Å². The molecule has 0 bridgehead atoms. The fraction of sp³-hybridized carbons (Fsp3) is 0.818. The van der Waals surface area contributed by atoms with Crippen molar-refractivity contribution in [1.29, 1.82) is 0 Å². The summed E-state index contributed by atoms with van der Waals surface area (Å²) in [5.74, 6) is -1.09. The normalized spacial score (nSPS) is 29.8. The number of ether oxygens (including phenoxy) is 1. The third-order valence-corrected chi connectivity index (χ3v) is 3.33. The van der Waals surface area contributed by atoms with Crippen LogP contribution in [0.2, 0.25) is 0 Å². The third-order valence-electron chi connectivity index (χ3n) is 3.33. The molecule has 5 heteroatoms. The fourth-order valence-corrected chi connectivity index (χ4v) is 2.48. The van der Waals surface area contributed by atoms with E-state index in [-0.39, 0.29) is 18.6 Å². The lowest BCUT2D eigenvalue weighted by molar-refractivity contribution is -0.169. The van der Waals surface area contributed by atoms with Crippen molar-refractivity contribution in [1.82, 2.24) is 4.90 Å². The summed E-state index contributed by atoms with van der Waals surface area (Å²) in [7, 11) is 0. The second-order valence-corrected chi connectivity index (χ2v) is 4.61. The molecule has 2 rings (SSSR count). The van der Waals surface area contributed by atoms with Crippen LogP contribution in [0.5, 0.6) is 0 Å². The molecule has 1 saturated carbocycles. The maximum atomic E-state index is 11.6. The van der Waals surface area contributed by atoms with E-state index in [0.717, 1.165) is 12.8 Å². The number of rotatable bonds is 3. The van der Waals surface area contributed by atoms with Crippen LogP contribution in [0.1, 0.15) is 32.6 Å². The van der Waals surface area contributed by atoms with Gasteiger partial charge in [-0.05, 0) is 25.7 Å². The van der Waals surface area contributed by atoms with Gasteiger partial charge in [0.25, 0.3) is 0 Å². The maximum Gasteiger partial charge on any atom is 0.332 e. The first kappa shape index (κ1) is 11.4. The number of hydrogen-bond donors (Lipinski definition) is 1. The van der Waals surface area contributed by atoms with Gasteiger partial charge in [-0.25, -0.2) is 4.79 Å². The molecule has 5 nitrogen and oxygen atoms in total. The highest BCUT2D eigenvalue weighted by Gasteiger charge is 2.52. The van der Waals surface area contributed by atoms with Gasteiger partial charge in [0.05, 0.1) is 6.61 Å². The molecule has 0 aromatic rings. The molecule has 1 unspecified atom stereocenters. The summed E-state index contributed by atoms with van der Waals surface area (Å²) in [5, 5.41) is 9.41. The Kier molecular flexibility index (Phi) is 2.88. The zero-order valence-corrected chi connectivity index (χ0v) is 9.44. The SMILES string of the molecule is CC(=O)N(C1CC1)C1(C(=O)O)CCCOC1. The van der Waals surface area contributed by atoms with E-state index < -0.39 is 11.5 Å². The van der Waals surface area contributed by atoms with Crippen LogP contribution < -0.4 is 0 Å².